The first-order valence-corrected chi connectivity index (χ1v) is 5.78. The molecular weight excluding hydrogens is 234 g/mol. The molecule has 0 fully saturated rings. The fourth-order valence-corrected chi connectivity index (χ4v) is 1.64. The third-order valence-corrected chi connectivity index (χ3v) is 2.71. The van der Waals surface area contributed by atoms with E-state index in [-0.39, 0.29) is 17.8 Å². The smallest absolute Gasteiger partial charge is 0.257 e. The molecule has 18 heavy (non-hydrogen) atoms. The minimum Gasteiger partial charge on any atom is -0.469 e. The molecule has 0 saturated heterocycles. The van der Waals surface area contributed by atoms with Crippen LogP contribution >= 0.6 is 0 Å². The fraction of sp³-hybridized carbons (Fsp3) is 0.500. The molecule has 1 aromatic rings. The van der Waals surface area contributed by atoms with Crippen LogP contribution in [0.2, 0.25) is 0 Å². The molecule has 1 aromatic heterocycles. The van der Waals surface area contributed by atoms with Crippen molar-refractivity contribution in [2.45, 2.75) is 33.2 Å². The van der Waals surface area contributed by atoms with E-state index in [0.717, 1.165) is 0 Å². The Bertz CT molecular complexity index is 438. The Kier molecular flexibility index (Phi) is 4.76. The third-order valence-electron chi connectivity index (χ3n) is 2.71. The second-order valence-corrected chi connectivity index (χ2v) is 4.32. The van der Waals surface area contributed by atoms with Crippen LogP contribution in [0.3, 0.4) is 0 Å². The summed E-state index contributed by atoms with van der Waals surface area (Å²) in [7, 11) is 0. The number of nitrogens with zero attached hydrogens (tertiary/aromatic N) is 2. The summed E-state index contributed by atoms with van der Waals surface area (Å²) in [5.41, 5.74) is 5.96. The summed E-state index contributed by atoms with van der Waals surface area (Å²) >= 11 is 0. The van der Waals surface area contributed by atoms with Crippen molar-refractivity contribution in [2.24, 2.45) is 10.9 Å². The number of amidine groups is 1. The first kappa shape index (κ1) is 14.1. The van der Waals surface area contributed by atoms with Gasteiger partial charge >= 0.3 is 0 Å². The Morgan fingerprint density at radius 1 is 1.61 bits per heavy atom. The number of furan rings is 1. The van der Waals surface area contributed by atoms with Crippen LogP contribution in [0.4, 0.5) is 0 Å². The molecule has 100 valence electrons. The number of aryl methyl sites for hydroxylation is 1. The highest BCUT2D eigenvalue weighted by Gasteiger charge is 2.21. The first-order chi connectivity index (χ1) is 8.47. The zero-order chi connectivity index (χ0) is 13.7. The van der Waals surface area contributed by atoms with Gasteiger partial charge in [-0.05, 0) is 26.8 Å². The number of amides is 1. The standard InChI is InChI=1S/C12H19N3O3/c1-8(2)15(6-4-11(13)14-17)12(16)10-5-7-18-9(10)3/h5,7-8,17H,4,6H2,1-3H3,(H2,13,14). The van der Waals surface area contributed by atoms with Crippen molar-refractivity contribution in [2.75, 3.05) is 6.54 Å². The van der Waals surface area contributed by atoms with E-state index in [1.54, 1.807) is 17.9 Å². The Hall–Kier alpha value is -1.98. The summed E-state index contributed by atoms with van der Waals surface area (Å²) in [6.45, 7) is 5.98. The minimum absolute atomic E-state index is 0.0262. The van der Waals surface area contributed by atoms with Gasteiger partial charge in [0.05, 0.1) is 11.8 Å². The van der Waals surface area contributed by atoms with Crippen molar-refractivity contribution >= 4 is 11.7 Å². The van der Waals surface area contributed by atoms with Crippen molar-refractivity contribution in [3.05, 3.63) is 23.7 Å². The molecular formula is C12H19N3O3. The summed E-state index contributed by atoms with van der Waals surface area (Å²) in [5, 5.41) is 11.4. The molecule has 1 rings (SSSR count). The van der Waals surface area contributed by atoms with Crippen LogP contribution in [-0.2, 0) is 0 Å². The second kappa shape index (κ2) is 6.09. The van der Waals surface area contributed by atoms with Gasteiger partial charge in [0.15, 0.2) is 0 Å². The molecule has 0 atom stereocenters. The van der Waals surface area contributed by atoms with Gasteiger partial charge in [0.25, 0.3) is 5.91 Å². The molecule has 0 unspecified atom stereocenters. The maximum atomic E-state index is 12.3. The molecule has 6 nitrogen and oxygen atoms in total. The molecule has 1 amide bonds. The van der Waals surface area contributed by atoms with Crippen molar-refractivity contribution < 1.29 is 14.4 Å². The van der Waals surface area contributed by atoms with Crippen LogP contribution < -0.4 is 5.73 Å². The maximum absolute atomic E-state index is 12.3. The lowest BCUT2D eigenvalue weighted by Crippen LogP contribution is -2.39. The number of carbonyl (C=O) groups is 1. The second-order valence-electron chi connectivity index (χ2n) is 4.32. The van der Waals surface area contributed by atoms with Gasteiger partial charge in [0.1, 0.15) is 11.6 Å². The quantitative estimate of drug-likeness (QED) is 0.360. The molecule has 0 aliphatic heterocycles. The van der Waals surface area contributed by atoms with Crippen LogP contribution in [0.25, 0.3) is 0 Å². The van der Waals surface area contributed by atoms with E-state index in [1.807, 2.05) is 13.8 Å². The fourth-order valence-electron chi connectivity index (χ4n) is 1.64. The Morgan fingerprint density at radius 3 is 2.72 bits per heavy atom. The average Bonchev–Trinajstić information content (AvgIpc) is 2.74. The molecule has 6 heteroatoms. The molecule has 0 bridgehead atoms. The molecule has 1 heterocycles. The highest BCUT2D eigenvalue weighted by Crippen LogP contribution is 2.14. The predicted molar refractivity (Wildman–Crippen MR) is 67.6 cm³/mol. The average molecular weight is 253 g/mol. The van der Waals surface area contributed by atoms with Gasteiger partial charge in [0, 0.05) is 19.0 Å². The van der Waals surface area contributed by atoms with Crippen LogP contribution in [-0.4, -0.2) is 34.4 Å². The van der Waals surface area contributed by atoms with Gasteiger partial charge in [-0.1, -0.05) is 5.16 Å². The summed E-state index contributed by atoms with van der Waals surface area (Å²) < 4.78 is 5.13. The monoisotopic (exact) mass is 253 g/mol. The van der Waals surface area contributed by atoms with Gasteiger partial charge in [-0.15, -0.1) is 0 Å². The lowest BCUT2D eigenvalue weighted by molar-refractivity contribution is 0.0709. The van der Waals surface area contributed by atoms with E-state index < -0.39 is 0 Å². The van der Waals surface area contributed by atoms with Crippen molar-refractivity contribution in [1.82, 2.24) is 4.90 Å². The minimum atomic E-state index is -0.109. The summed E-state index contributed by atoms with van der Waals surface area (Å²) in [6, 6.07) is 1.68. The Morgan fingerprint density at radius 2 is 2.28 bits per heavy atom. The third kappa shape index (κ3) is 3.26. The number of hydrogen-bond donors (Lipinski definition) is 2. The predicted octanol–water partition coefficient (Wildman–Crippen LogP) is 1.58. The zero-order valence-corrected chi connectivity index (χ0v) is 10.9. The normalized spacial score (nSPS) is 11.9. The van der Waals surface area contributed by atoms with Crippen molar-refractivity contribution in [3.63, 3.8) is 0 Å². The highest BCUT2D eigenvalue weighted by atomic mass is 16.4. The van der Waals surface area contributed by atoms with Crippen LogP contribution in [0.1, 0.15) is 36.4 Å². The topological polar surface area (TPSA) is 92.1 Å². The molecule has 0 aliphatic carbocycles. The number of nitrogens with two attached hydrogens (primary N) is 1. The van der Waals surface area contributed by atoms with E-state index in [1.165, 1.54) is 6.26 Å². The number of oxime groups is 1. The van der Waals surface area contributed by atoms with Gasteiger partial charge in [0.2, 0.25) is 0 Å². The lowest BCUT2D eigenvalue weighted by atomic mass is 10.2. The SMILES string of the molecule is Cc1occc1C(=O)N(CC/C(N)=N/O)C(C)C. The first-order valence-electron chi connectivity index (χ1n) is 5.78. The van der Waals surface area contributed by atoms with Gasteiger partial charge in [-0.2, -0.15) is 0 Å². The van der Waals surface area contributed by atoms with Crippen LogP contribution in [0.5, 0.6) is 0 Å². The summed E-state index contributed by atoms with van der Waals surface area (Å²) in [6.07, 6.45) is 1.82. The van der Waals surface area contributed by atoms with Crippen molar-refractivity contribution in [1.29, 1.82) is 0 Å². The number of rotatable bonds is 5. The molecule has 0 radical (unpaired) electrons. The molecule has 0 aliphatic rings. The van der Waals surface area contributed by atoms with Gasteiger partial charge in [-0.3, -0.25) is 4.79 Å². The van der Waals surface area contributed by atoms with E-state index in [9.17, 15) is 4.79 Å². The number of hydrogen-bond acceptors (Lipinski definition) is 4. The summed E-state index contributed by atoms with van der Waals surface area (Å²) in [5.74, 6) is 0.591. The van der Waals surface area contributed by atoms with Gasteiger partial charge < -0.3 is 20.3 Å². The van der Waals surface area contributed by atoms with Crippen LogP contribution in [0, 0.1) is 6.92 Å². The van der Waals surface area contributed by atoms with E-state index >= 15 is 0 Å². The molecule has 3 N–H and O–H groups in total. The van der Waals surface area contributed by atoms with E-state index in [0.29, 0.717) is 24.3 Å². The molecule has 0 saturated carbocycles. The Labute approximate surface area is 106 Å². The summed E-state index contributed by atoms with van der Waals surface area (Å²) in [4.78, 5) is 14.0. The Balaban J connectivity index is 2.80. The number of carbonyl (C=O) groups excluding carboxylic acids is 1. The van der Waals surface area contributed by atoms with Gasteiger partial charge in [-0.25, -0.2) is 0 Å². The highest BCUT2D eigenvalue weighted by molar-refractivity contribution is 5.95. The molecule has 0 spiro atoms. The zero-order valence-electron chi connectivity index (χ0n) is 10.9. The largest absolute Gasteiger partial charge is 0.469 e. The van der Waals surface area contributed by atoms with E-state index in [4.69, 9.17) is 15.4 Å². The lowest BCUT2D eigenvalue weighted by Gasteiger charge is -2.26. The molecule has 0 aromatic carbocycles. The maximum Gasteiger partial charge on any atom is 0.257 e. The van der Waals surface area contributed by atoms with E-state index in [2.05, 4.69) is 5.16 Å². The van der Waals surface area contributed by atoms with Crippen LogP contribution in [0.15, 0.2) is 21.9 Å². The van der Waals surface area contributed by atoms with Crippen molar-refractivity contribution in [3.8, 4) is 0 Å².